The average molecular weight is 330 g/mol. The zero-order valence-electron chi connectivity index (χ0n) is 13.5. The van der Waals surface area contributed by atoms with Crippen LogP contribution in [0.1, 0.15) is 53.9 Å². The smallest absolute Gasteiger partial charge is 0.315 e. The van der Waals surface area contributed by atoms with Crippen molar-refractivity contribution in [1.82, 2.24) is 0 Å². The van der Waals surface area contributed by atoms with Crippen LogP contribution in [0.2, 0.25) is 0 Å². The number of esters is 1. The van der Waals surface area contributed by atoms with Crippen LogP contribution in [0, 0.1) is 11.8 Å². The third kappa shape index (κ3) is 2.83. The van der Waals surface area contributed by atoms with Crippen molar-refractivity contribution in [2.45, 2.75) is 77.0 Å². The molecule has 0 aromatic carbocycles. The molecular formula is C15H23F5O2. The summed E-state index contributed by atoms with van der Waals surface area (Å²) < 4.78 is 75.5. The minimum atomic E-state index is -4.48. The highest BCUT2D eigenvalue weighted by Gasteiger charge is 2.78. The third-order valence-electron chi connectivity index (χ3n) is 4.65. The summed E-state index contributed by atoms with van der Waals surface area (Å²) in [7, 11) is 0. The van der Waals surface area contributed by atoms with Gasteiger partial charge in [0.05, 0.1) is 0 Å². The molecule has 1 rings (SSSR count). The predicted octanol–water partition coefficient (Wildman–Crippen LogP) is 4.76. The van der Waals surface area contributed by atoms with Gasteiger partial charge in [-0.25, -0.2) is 22.0 Å². The molecule has 0 aromatic rings. The zero-order chi connectivity index (χ0) is 17.6. The summed E-state index contributed by atoms with van der Waals surface area (Å²) in [4.78, 5) is 12.0. The molecule has 2 nitrogen and oxygen atoms in total. The second kappa shape index (κ2) is 5.64. The van der Waals surface area contributed by atoms with Crippen LogP contribution in [0.3, 0.4) is 0 Å². The fourth-order valence-electron chi connectivity index (χ4n) is 2.88. The fraction of sp³-hybridized carbons (Fsp3) is 0.933. The molecule has 0 amide bonds. The van der Waals surface area contributed by atoms with E-state index in [1.165, 1.54) is 20.8 Å². The summed E-state index contributed by atoms with van der Waals surface area (Å²) in [5.74, 6) is -13.9. The van der Waals surface area contributed by atoms with E-state index in [0.717, 1.165) is 0 Å². The Kier molecular flexibility index (Phi) is 4.91. The molecule has 0 spiro atoms. The number of hydrogen-bond acceptors (Lipinski definition) is 2. The lowest BCUT2D eigenvalue weighted by Gasteiger charge is -2.37. The van der Waals surface area contributed by atoms with Crippen LogP contribution in [0.4, 0.5) is 22.0 Å². The maximum absolute atomic E-state index is 14.7. The van der Waals surface area contributed by atoms with Gasteiger partial charge >= 0.3 is 11.9 Å². The van der Waals surface area contributed by atoms with Crippen molar-refractivity contribution in [2.75, 3.05) is 0 Å². The van der Waals surface area contributed by atoms with Crippen molar-refractivity contribution < 1.29 is 31.5 Å². The van der Waals surface area contributed by atoms with E-state index in [9.17, 15) is 26.7 Å². The highest BCUT2D eigenvalue weighted by atomic mass is 19.3. The standard InChI is InChI=1S/C15H23F5O2/c1-6-9-8-10(11(21)22-12(3,4)7-2)15(19,20)14(9,18)13(5,16)17/h9-10H,6-8H2,1-5H3. The zero-order valence-corrected chi connectivity index (χ0v) is 13.5. The quantitative estimate of drug-likeness (QED) is 0.536. The van der Waals surface area contributed by atoms with Gasteiger partial charge in [-0.2, -0.15) is 0 Å². The predicted molar refractivity (Wildman–Crippen MR) is 71.8 cm³/mol. The van der Waals surface area contributed by atoms with Crippen LogP contribution in [-0.4, -0.2) is 29.1 Å². The van der Waals surface area contributed by atoms with Gasteiger partial charge in [0, 0.05) is 12.8 Å². The summed E-state index contributed by atoms with van der Waals surface area (Å²) in [6.45, 7) is 6.21. The normalized spacial score (nSPS) is 32.1. The second-order valence-corrected chi connectivity index (χ2v) is 6.65. The van der Waals surface area contributed by atoms with E-state index < -0.39 is 47.3 Å². The molecule has 3 atom stereocenters. The van der Waals surface area contributed by atoms with Crippen LogP contribution in [-0.2, 0) is 9.53 Å². The van der Waals surface area contributed by atoms with Gasteiger partial charge in [0.15, 0.2) is 0 Å². The first kappa shape index (κ1) is 19.2. The Balaban J connectivity index is 3.18. The summed E-state index contributed by atoms with van der Waals surface area (Å²) in [6.07, 6.45) is -0.503. The van der Waals surface area contributed by atoms with Gasteiger partial charge in [0.25, 0.3) is 5.92 Å². The van der Waals surface area contributed by atoms with E-state index in [1.807, 2.05) is 0 Å². The van der Waals surface area contributed by atoms with Crippen molar-refractivity contribution in [2.24, 2.45) is 11.8 Å². The average Bonchev–Trinajstić information content (AvgIpc) is 2.57. The number of ether oxygens (including phenoxy) is 1. The molecule has 1 aliphatic carbocycles. The first-order chi connectivity index (χ1) is 9.74. The van der Waals surface area contributed by atoms with Crippen molar-refractivity contribution in [3.05, 3.63) is 0 Å². The van der Waals surface area contributed by atoms with Crippen LogP contribution < -0.4 is 0 Å². The molecule has 0 bridgehead atoms. The summed E-state index contributed by atoms with van der Waals surface area (Å²) in [6, 6.07) is 0. The molecule has 1 aliphatic rings. The Bertz CT molecular complexity index is 430. The van der Waals surface area contributed by atoms with Crippen molar-refractivity contribution in [3.8, 4) is 0 Å². The Morgan fingerprint density at radius 1 is 1.18 bits per heavy atom. The number of carbonyl (C=O) groups excluding carboxylic acids is 1. The van der Waals surface area contributed by atoms with E-state index >= 15 is 0 Å². The van der Waals surface area contributed by atoms with Gasteiger partial charge < -0.3 is 4.74 Å². The maximum atomic E-state index is 14.7. The molecule has 130 valence electrons. The monoisotopic (exact) mass is 330 g/mol. The molecule has 0 aliphatic heterocycles. The minimum Gasteiger partial charge on any atom is -0.459 e. The van der Waals surface area contributed by atoms with Gasteiger partial charge in [-0.1, -0.05) is 13.8 Å². The van der Waals surface area contributed by atoms with Crippen molar-refractivity contribution in [1.29, 1.82) is 0 Å². The Morgan fingerprint density at radius 2 is 1.68 bits per heavy atom. The number of alkyl halides is 5. The molecule has 0 heterocycles. The van der Waals surface area contributed by atoms with E-state index in [1.54, 1.807) is 6.92 Å². The summed E-state index contributed by atoms with van der Waals surface area (Å²) in [5, 5.41) is 0. The van der Waals surface area contributed by atoms with Crippen LogP contribution >= 0.6 is 0 Å². The molecule has 7 heteroatoms. The van der Waals surface area contributed by atoms with Gasteiger partial charge in [0.1, 0.15) is 11.5 Å². The molecule has 22 heavy (non-hydrogen) atoms. The van der Waals surface area contributed by atoms with E-state index in [-0.39, 0.29) is 13.3 Å². The molecule has 3 unspecified atom stereocenters. The van der Waals surface area contributed by atoms with Gasteiger partial charge in [-0.05, 0) is 33.1 Å². The molecule has 0 N–H and O–H groups in total. The largest absolute Gasteiger partial charge is 0.459 e. The number of rotatable bonds is 5. The molecule has 1 saturated carbocycles. The van der Waals surface area contributed by atoms with E-state index in [4.69, 9.17) is 4.74 Å². The molecular weight excluding hydrogens is 307 g/mol. The fourth-order valence-corrected chi connectivity index (χ4v) is 2.88. The number of hydrogen-bond donors (Lipinski definition) is 0. The Hall–Kier alpha value is -0.880. The third-order valence-corrected chi connectivity index (χ3v) is 4.65. The minimum absolute atomic E-state index is 0.132. The molecule has 0 saturated heterocycles. The number of carbonyl (C=O) groups is 1. The molecule has 0 radical (unpaired) electrons. The summed E-state index contributed by atoms with van der Waals surface area (Å²) in [5.41, 5.74) is -5.06. The first-order valence-electron chi connectivity index (χ1n) is 7.42. The Labute approximate surface area is 127 Å². The lowest BCUT2D eigenvalue weighted by Crippen LogP contribution is -2.58. The van der Waals surface area contributed by atoms with Gasteiger partial charge in [0.2, 0.25) is 5.67 Å². The van der Waals surface area contributed by atoms with Crippen molar-refractivity contribution >= 4 is 5.97 Å². The van der Waals surface area contributed by atoms with Crippen LogP contribution in [0.25, 0.3) is 0 Å². The lowest BCUT2D eigenvalue weighted by atomic mass is 9.83. The highest BCUT2D eigenvalue weighted by Crippen LogP contribution is 2.61. The first-order valence-corrected chi connectivity index (χ1v) is 7.42. The molecule has 1 fully saturated rings. The Morgan fingerprint density at radius 3 is 2.00 bits per heavy atom. The van der Waals surface area contributed by atoms with Crippen LogP contribution in [0.15, 0.2) is 0 Å². The van der Waals surface area contributed by atoms with E-state index in [2.05, 4.69) is 0 Å². The van der Waals surface area contributed by atoms with Crippen molar-refractivity contribution in [3.63, 3.8) is 0 Å². The highest BCUT2D eigenvalue weighted by molar-refractivity contribution is 5.75. The summed E-state index contributed by atoms with van der Waals surface area (Å²) >= 11 is 0. The van der Waals surface area contributed by atoms with Gasteiger partial charge in [-0.3, -0.25) is 4.79 Å². The SMILES string of the molecule is CCC1CC(C(=O)OC(C)(C)CC)C(F)(F)C1(F)C(C)(F)F. The van der Waals surface area contributed by atoms with E-state index in [0.29, 0.717) is 6.42 Å². The maximum Gasteiger partial charge on any atom is 0.315 e. The topological polar surface area (TPSA) is 26.3 Å². The second-order valence-electron chi connectivity index (χ2n) is 6.65. The number of halogens is 5. The van der Waals surface area contributed by atoms with Gasteiger partial charge in [-0.15, -0.1) is 0 Å². The lowest BCUT2D eigenvalue weighted by molar-refractivity contribution is -0.252. The van der Waals surface area contributed by atoms with Crippen LogP contribution in [0.5, 0.6) is 0 Å². The molecule has 0 aromatic heterocycles.